The first-order chi connectivity index (χ1) is 7.06. The summed E-state index contributed by atoms with van der Waals surface area (Å²) >= 11 is 0. The van der Waals surface area contributed by atoms with Crippen LogP contribution in [0.2, 0.25) is 0 Å². The number of hydrogen-bond donors (Lipinski definition) is 0. The third-order valence-corrected chi connectivity index (χ3v) is 1.98. The Morgan fingerprint density at radius 3 is 2.60 bits per heavy atom. The van der Waals surface area contributed by atoms with Crippen LogP contribution in [0.3, 0.4) is 0 Å². The van der Waals surface area contributed by atoms with Crippen LogP contribution in [0.5, 0.6) is 0 Å². The first-order valence-corrected chi connectivity index (χ1v) is 4.32. The van der Waals surface area contributed by atoms with Crippen molar-refractivity contribution in [2.24, 2.45) is 11.8 Å². The van der Waals surface area contributed by atoms with E-state index in [1.807, 2.05) is 0 Å². The third-order valence-electron chi connectivity index (χ3n) is 1.98. The number of carbonyl (C=O) groups excluding carboxylic acids is 2. The molecule has 84 valence electrons. The zero-order valence-corrected chi connectivity index (χ0v) is 8.42. The fraction of sp³-hybridized carbons (Fsp3) is 0.556. The van der Waals surface area contributed by atoms with E-state index in [1.165, 1.54) is 6.08 Å². The average Bonchev–Trinajstić information content (AvgIpc) is 2.21. The molecule has 0 aromatic rings. The first-order valence-electron chi connectivity index (χ1n) is 4.32. The lowest BCUT2D eigenvalue weighted by molar-refractivity contribution is -0.487. The van der Waals surface area contributed by atoms with E-state index in [4.69, 9.17) is 0 Å². The van der Waals surface area contributed by atoms with Gasteiger partial charge in [0.25, 0.3) is 0 Å². The topological polar surface area (TPSA) is 86.5 Å². The standard InChI is InChI=1S/C9H13NO5/c1-3-4-7(6-11)8(5-10(13)14)9(12)15-2/h3,6-8H,1,4-5H2,2H3/t7-,8-/m0/s1. The number of aldehydes is 1. The minimum atomic E-state index is -1.04. The zero-order valence-electron chi connectivity index (χ0n) is 8.42. The van der Waals surface area contributed by atoms with E-state index in [2.05, 4.69) is 11.3 Å². The van der Waals surface area contributed by atoms with Crippen LogP contribution in [0.4, 0.5) is 0 Å². The highest BCUT2D eigenvalue weighted by Gasteiger charge is 2.32. The number of carbonyl (C=O) groups is 2. The van der Waals surface area contributed by atoms with Crippen molar-refractivity contribution in [2.75, 3.05) is 13.7 Å². The molecule has 6 nitrogen and oxygen atoms in total. The monoisotopic (exact) mass is 215 g/mol. The molecule has 0 heterocycles. The molecule has 0 unspecified atom stereocenters. The van der Waals surface area contributed by atoms with Gasteiger partial charge in [0.05, 0.1) is 7.11 Å². The van der Waals surface area contributed by atoms with Gasteiger partial charge in [-0.3, -0.25) is 14.9 Å². The second-order valence-corrected chi connectivity index (χ2v) is 2.97. The minimum absolute atomic E-state index is 0.219. The Labute approximate surface area is 87.1 Å². The molecule has 0 aromatic carbocycles. The van der Waals surface area contributed by atoms with Gasteiger partial charge in [-0.2, -0.15) is 0 Å². The fourth-order valence-corrected chi connectivity index (χ4v) is 1.20. The molecular formula is C9H13NO5. The highest BCUT2D eigenvalue weighted by molar-refractivity contribution is 5.76. The van der Waals surface area contributed by atoms with Crippen LogP contribution in [-0.2, 0) is 14.3 Å². The van der Waals surface area contributed by atoms with Gasteiger partial charge >= 0.3 is 5.97 Å². The number of hydrogen-bond acceptors (Lipinski definition) is 5. The largest absolute Gasteiger partial charge is 0.469 e. The fourth-order valence-electron chi connectivity index (χ4n) is 1.20. The Hall–Kier alpha value is -1.72. The molecule has 6 heteroatoms. The summed E-state index contributed by atoms with van der Waals surface area (Å²) < 4.78 is 4.41. The number of methoxy groups -OCH3 is 1. The molecule has 0 fully saturated rings. The molecule has 0 aliphatic carbocycles. The summed E-state index contributed by atoms with van der Waals surface area (Å²) in [4.78, 5) is 31.5. The van der Waals surface area contributed by atoms with E-state index in [9.17, 15) is 19.7 Å². The quantitative estimate of drug-likeness (QED) is 0.202. The van der Waals surface area contributed by atoms with Crippen molar-refractivity contribution in [1.82, 2.24) is 0 Å². The number of rotatable bonds is 7. The molecule has 15 heavy (non-hydrogen) atoms. The van der Waals surface area contributed by atoms with Crippen LogP contribution < -0.4 is 0 Å². The molecule has 0 aromatic heterocycles. The Bertz CT molecular complexity index is 263. The van der Waals surface area contributed by atoms with Gasteiger partial charge in [0.2, 0.25) is 6.54 Å². The van der Waals surface area contributed by atoms with E-state index in [0.717, 1.165) is 7.11 Å². The Morgan fingerprint density at radius 2 is 2.27 bits per heavy atom. The van der Waals surface area contributed by atoms with Gasteiger partial charge < -0.3 is 9.53 Å². The van der Waals surface area contributed by atoms with E-state index in [1.54, 1.807) is 0 Å². The summed E-state index contributed by atoms with van der Waals surface area (Å²) in [7, 11) is 1.13. The summed E-state index contributed by atoms with van der Waals surface area (Å²) in [5.41, 5.74) is 0. The van der Waals surface area contributed by atoms with E-state index < -0.39 is 29.3 Å². The van der Waals surface area contributed by atoms with Crippen LogP contribution in [-0.4, -0.2) is 30.8 Å². The van der Waals surface area contributed by atoms with Gasteiger partial charge in [0.15, 0.2) is 0 Å². The van der Waals surface area contributed by atoms with Crippen LogP contribution in [0, 0.1) is 22.0 Å². The van der Waals surface area contributed by atoms with Crippen LogP contribution >= 0.6 is 0 Å². The predicted molar refractivity (Wildman–Crippen MR) is 51.7 cm³/mol. The summed E-state index contributed by atoms with van der Waals surface area (Å²) in [5, 5.41) is 10.3. The molecule has 0 aliphatic rings. The molecule has 0 saturated carbocycles. The molecule has 0 bridgehead atoms. The van der Waals surface area contributed by atoms with Gasteiger partial charge in [-0.25, -0.2) is 0 Å². The summed E-state index contributed by atoms with van der Waals surface area (Å²) in [6.45, 7) is 2.81. The molecule has 0 spiro atoms. The van der Waals surface area contributed by atoms with Crippen LogP contribution in [0.25, 0.3) is 0 Å². The van der Waals surface area contributed by atoms with Crippen molar-refractivity contribution >= 4 is 12.3 Å². The Balaban J connectivity index is 4.70. The molecule has 0 N–H and O–H groups in total. The SMILES string of the molecule is C=CC[C@@H](C=O)[C@H](C[N+](=O)[O-])C(=O)OC. The second kappa shape index (κ2) is 6.69. The van der Waals surface area contributed by atoms with Crippen molar-refractivity contribution in [2.45, 2.75) is 6.42 Å². The van der Waals surface area contributed by atoms with E-state index in [0.29, 0.717) is 6.29 Å². The molecule has 0 saturated heterocycles. The van der Waals surface area contributed by atoms with Gasteiger partial charge in [-0.15, -0.1) is 6.58 Å². The Kier molecular flexibility index (Phi) is 5.92. The summed E-state index contributed by atoms with van der Waals surface area (Å²) in [6, 6.07) is 0. The molecule has 0 aliphatic heterocycles. The lowest BCUT2D eigenvalue weighted by Crippen LogP contribution is -2.32. The lowest BCUT2D eigenvalue weighted by Gasteiger charge is -2.15. The van der Waals surface area contributed by atoms with Crippen LogP contribution in [0.15, 0.2) is 12.7 Å². The second-order valence-electron chi connectivity index (χ2n) is 2.97. The maximum absolute atomic E-state index is 11.2. The number of ether oxygens (including phenoxy) is 1. The maximum atomic E-state index is 11.2. The van der Waals surface area contributed by atoms with Crippen LogP contribution in [0.1, 0.15) is 6.42 Å². The van der Waals surface area contributed by atoms with Gasteiger partial charge in [0.1, 0.15) is 12.2 Å². The van der Waals surface area contributed by atoms with Crippen molar-refractivity contribution in [3.63, 3.8) is 0 Å². The third kappa shape index (κ3) is 4.35. The predicted octanol–water partition coefficient (Wildman–Crippen LogP) is 0.443. The van der Waals surface area contributed by atoms with Crippen molar-refractivity contribution in [1.29, 1.82) is 0 Å². The van der Waals surface area contributed by atoms with Gasteiger partial charge in [0, 0.05) is 10.8 Å². The van der Waals surface area contributed by atoms with Crippen molar-refractivity contribution < 1.29 is 19.2 Å². The molecular weight excluding hydrogens is 202 g/mol. The number of esters is 1. The molecule has 0 radical (unpaired) electrons. The minimum Gasteiger partial charge on any atom is -0.469 e. The average molecular weight is 215 g/mol. The van der Waals surface area contributed by atoms with E-state index in [-0.39, 0.29) is 6.42 Å². The summed E-state index contributed by atoms with van der Waals surface area (Å²) in [6.07, 6.45) is 2.18. The molecule has 0 amide bonds. The Morgan fingerprint density at radius 1 is 1.67 bits per heavy atom. The molecule has 0 rings (SSSR count). The zero-order chi connectivity index (χ0) is 11.8. The maximum Gasteiger partial charge on any atom is 0.316 e. The normalized spacial score (nSPS) is 13.7. The summed E-state index contributed by atoms with van der Waals surface area (Å²) in [5.74, 6) is -2.54. The van der Waals surface area contributed by atoms with E-state index >= 15 is 0 Å². The highest BCUT2D eigenvalue weighted by Crippen LogP contribution is 2.16. The highest BCUT2D eigenvalue weighted by atomic mass is 16.6. The van der Waals surface area contributed by atoms with Crippen molar-refractivity contribution in [3.05, 3.63) is 22.8 Å². The van der Waals surface area contributed by atoms with Gasteiger partial charge in [-0.05, 0) is 6.42 Å². The number of nitro groups is 1. The molecule has 2 atom stereocenters. The number of nitrogens with zero attached hydrogens (tertiary/aromatic N) is 1. The number of allylic oxidation sites excluding steroid dienone is 1. The smallest absolute Gasteiger partial charge is 0.316 e. The van der Waals surface area contributed by atoms with Gasteiger partial charge in [-0.1, -0.05) is 6.08 Å². The van der Waals surface area contributed by atoms with Crippen molar-refractivity contribution in [3.8, 4) is 0 Å². The lowest BCUT2D eigenvalue weighted by atomic mass is 9.91. The first kappa shape index (κ1) is 13.3.